The molecule has 2 unspecified atom stereocenters. The topological polar surface area (TPSA) is 152 Å². The molecule has 4 aliphatic heterocycles. The highest BCUT2D eigenvalue weighted by Gasteiger charge is 2.44. The summed E-state index contributed by atoms with van der Waals surface area (Å²) >= 11 is 0. The van der Waals surface area contributed by atoms with Crippen LogP contribution in [0.25, 0.3) is 11.1 Å². The van der Waals surface area contributed by atoms with Gasteiger partial charge in [0, 0.05) is 37.8 Å². The van der Waals surface area contributed by atoms with Crippen LogP contribution in [0.3, 0.4) is 0 Å². The lowest BCUT2D eigenvalue weighted by Gasteiger charge is -2.38. The molecular weight excluding hydrogens is 759 g/mol. The van der Waals surface area contributed by atoms with Crippen molar-refractivity contribution in [2.75, 3.05) is 51.2 Å². The number of allylic oxidation sites excluding steroid dienone is 1. The lowest BCUT2D eigenvalue weighted by molar-refractivity contribution is -0.136. The molecule has 0 spiro atoms. The van der Waals surface area contributed by atoms with Crippen molar-refractivity contribution in [2.24, 2.45) is 5.92 Å². The predicted molar refractivity (Wildman–Crippen MR) is 230 cm³/mol. The Morgan fingerprint density at radius 2 is 1.40 bits per heavy atom. The third-order valence-corrected chi connectivity index (χ3v) is 12.4. The second-order valence-electron chi connectivity index (χ2n) is 16.4. The van der Waals surface area contributed by atoms with Crippen molar-refractivity contribution in [3.8, 4) is 17.2 Å². The second-order valence-corrected chi connectivity index (χ2v) is 16.4. The Kier molecular flexibility index (Phi) is 12.3. The van der Waals surface area contributed by atoms with E-state index in [1.54, 1.807) is 36.4 Å². The summed E-state index contributed by atoms with van der Waals surface area (Å²) in [7, 11) is 0. The number of hydrogen-bond acceptors (Lipinski definition) is 10. The number of hydrogen-bond donors (Lipinski definition) is 4. The van der Waals surface area contributed by atoms with Gasteiger partial charge in [0.25, 0.3) is 11.8 Å². The molecule has 3 fully saturated rings. The van der Waals surface area contributed by atoms with Crippen molar-refractivity contribution in [3.05, 3.63) is 119 Å². The summed E-state index contributed by atoms with van der Waals surface area (Å²) in [6.45, 7) is 8.70. The number of likely N-dealkylation sites (tertiary alicyclic amines) is 2. The molecule has 0 saturated carbocycles. The Morgan fingerprint density at radius 1 is 0.750 bits per heavy atom. The average molecular weight is 812 g/mol. The summed E-state index contributed by atoms with van der Waals surface area (Å²) in [6.07, 6.45) is 5.38. The Morgan fingerprint density at radius 3 is 2.07 bits per heavy atom. The molecule has 4 amide bonds. The minimum atomic E-state index is -0.974. The number of anilines is 1. The van der Waals surface area contributed by atoms with Crippen molar-refractivity contribution in [3.63, 3.8) is 0 Å². The standard InChI is InChI=1S/C48H53N5O7/c1-2-40(32-5-12-37(54)13-6-32)45(33-7-14-38(55)15-8-33)34-9-16-39(17-10-34)60-27-26-51-24-21-31(22-25-51)29-52-23-3-4-36(30-52)49-35-11-18-41-42(28-35)48(59)53(47(41)58)43-19-20-44(56)50-46(43)57/h5-18,28,31,36,43,49,54-55H,2-4,19-27,29-30H2,1H3,(H,50,56,57). The third-order valence-electron chi connectivity index (χ3n) is 12.4. The van der Waals surface area contributed by atoms with Crippen LogP contribution in [0.2, 0.25) is 0 Å². The van der Waals surface area contributed by atoms with Crippen molar-refractivity contribution in [1.29, 1.82) is 0 Å². The van der Waals surface area contributed by atoms with Crippen molar-refractivity contribution < 1.29 is 34.1 Å². The van der Waals surface area contributed by atoms with E-state index in [0.29, 0.717) is 18.1 Å². The van der Waals surface area contributed by atoms with Crippen LogP contribution in [0.1, 0.15) is 89.3 Å². The van der Waals surface area contributed by atoms with Gasteiger partial charge in [-0.25, -0.2) is 0 Å². The minimum absolute atomic E-state index is 0.0925. The van der Waals surface area contributed by atoms with Gasteiger partial charge in [0.05, 0.1) is 11.1 Å². The van der Waals surface area contributed by atoms with Gasteiger partial charge >= 0.3 is 0 Å². The van der Waals surface area contributed by atoms with E-state index in [0.717, 1.165) is 116 Å². The molecule has 0 radical (unpaired) electrons. The number of aromatic hydroxyl groups is 2. The first-order valence-corrected chi connectivity index (χ1v) is 21.3. The fraction of sp³-hybridized carbons (Fsp3) is 0.375. The van der Waals surface area contributed by atoms with Crippen LogP contribution >= 0.6 is 0 Å². The fourth-order valence-electron chi connectivity index (χ4n) is 9.23. The number of fused-ring (bicyclic) bond motifs is 1. The SMILES string of the molecule is CCC(=C(c1ccc(O)cc1)c1ccc(OCCN2CCC(CN3CCCC(Nc4ccc5c(c4)C(=O)N(C4CCC(=O)NC4=O)C5=O)C3)CC2)cc1)c1ccc(O)cc1. The van der Waals surface area contributed by atoms with Gasteiger partial charge in [-0.05, 0) is 147 Å². The molecule has 4 heterocycles. The Hall–Kier alpha value is -5.98. The summed E-state index contributed by atoms with van der Waals surface area (Å²) in [5.41, 5.74) is 6.67. The van der Waals surface area contributed by atoms with Crippen LogP contribution in [0.15, 0.2) is 91.0 Å². The van der Waals surface area contributed by atoms with Crippen LogP contribution in [0.5, 0.6) is 17.2 Å². The lowest BCUT2D eigenvalue weighted by atomic mass is 9.88. The molecule has 4 aliphatic rings. The number of nitrogens with zero attached hydrogens (tertiary/aromatic N) is 3. The highest BCUT2D eigenvalue weighted by atomic mass is 16.5. The number of nitrogens with one attached hydrogen (secondary N) is 2. The van der Waals surface area contributed by atoms with Crippen LogP contribution in [-0.4, -0.2) is 107 Å². The zero-order valence-corrected chi connectivity index (χ0v) is 34.1. The zero-order chi connectivity index (χ0) is 41.8. The van der Waals surface area contributed by atoms with Crippen LogP contribution in [0, 0.1) is 5.92 Å². The molecule has 3 saturated heterocycles. The first kappa shape index (κ1) is 40.8. The molecule has 0 aliphatic carbocycles. The quantitative estimate of drug-likeness (QED) is 0.0867. The number of phenolic OH excluding ortho intramolecular Hbond substituents is 2. The van der Waals surface area contributed by atoms with Gasteiger partial charge in [-0.1, -0.05) is 43.3 Å². The largest absolute Gasteiger partial charge is 0.508 e. The van der Waals surface area contributed by atoms with E-state index in [1.165, 1.54) is 0 Å². The maximum absolute atomic E-state index is 13.3. The molecule has 312 valence electrons. The van der Waals surface area contributed by atoms with Gasteiger partial charge in [0.2, 0.25) is 11.8 Å². The highest BCUT2D eigenvalue weighted by molar-refractivity contribution is 6.23. The van der Waals surface area contributed by atoms with Gasteiger partial charge in [0.15, 0.2) is 0 Å². The van der Waals surface area contributed by atoms with Gasteiger partial charge in [-0.15, -0.1) is 0 Å². The van der Waals surface area contributed by atoms with E-state index in [4.69, 9.17) is 4.74 Å². The van der Waals surface area contributed by atoms with Crippen molar-refractivity contribution in [1.82, 2.24) is 20.0 Å². The van der Waals surface area contributed by atoms with E-state index >= 15 is 0 Å². The number of benzene rings is 4. The van der Waals surface area contributed by atoms with Gasteiger partial charge in [-0.2, -0.15) is 0 Å². The minimum Gasteiger partial charge on any atom is -0.508 e. The number of carbonyl (C=O) groups excluding carboxylic acids is 4. The number of amides is 4. The van der Waals surface area contributed by atoms with E-state index in [9.17, 15) is 29.4 Å². The second kappa shape index (κ2) is 18.1. The summed E-state index contributed by atoms with van der Waals surface area (Å²) < 4.78 is 6.24. The zero-order valence-electron chi connectivity index (χ0n) is 34.1. The summed E-state index contributed by atoms with van der Waals surface area (Å²) in [5.74, 6) is -0.0837. The molecule has 60 heavy (non-hydrogen) atoms. The molecule has 4 aromatic rings. The number of piperidine rings is 3. The molecule has 8 rings (SSSR count). The van der Waals surface area contributed by atoms with Crippen LogP contribution in [-0.2, 0) is 9.59 Å². The lowest BCUT2D eigenvalue weighted by Crippen LogP contribution is -2.54. The first-order chi connectivity index (χ1) is 29.1. The normalized spacial score (nSPS) is 20.8. The molecule has 4 aromatic carbocycles. The summed E-state index contributed by atoms with van der Waals surface area (Å²) in [4.78, 5) is 56.6. The third kappa shape index (κ3) is 9.09. The Balaban J connectivity index is 0.800. The summed E-state index contributed by atoms with van der Waals surface area (Å²) in [6, 6.07) is 27.3. The van der Waals surface area contributed by atoms with E-state index in [-0.39, 0.29) is 35.9 Å². The number of ether oxygens (including phenoxy) is 1. The van der Waals surface area contributed by atoms with Gasteiger partial charge < -0.3 is 25.2 Å². The van der Waals surface area contributed by atoms with E-state index < -0.39 is 29.7 Å². The Labute approximate surface area is 350 Å². The molecular formula is C48H53N5O7. The molecule has 12 heteroatoms. The number of phenols is 2. The van der Waals surface area contributed by atoms with Gasteiger partial charge in [-0.3, -0.25) is 34.3 Å². The van der Waals surface area contributed by atoms with Crippen molar-refractivity contribution in [2.45, 2.75) is 64.0 Å². The molecule has 0 aromatic heterocycles. The molecule has 2 atom stereocenters. The van der Waals surface area contributed by atoms with Crippen molar-refractivity contribution >= 4 is 40.5 Å². The number of rotatable bonds is 13. The molecule has 0 bridgehead atoms. The van der Waals surface area contributed by atoms with Crippen LogP contribution in [0.4, 0.5) is 5.69 Å². The molecule has 4 N–H and O–H groups in total. The number of carbonyl (C=O) groups is 4. The molecule has 12 nitrogen and oxygen atoms in total. The number of imide groups is 2. The Bertz CT molecular complexity index is 2250. The first-order valence-electron chi connectivity index (χ1n) is 21.3. The monoisotopic (exact) mass is 811 g/mol. The summed E-state index contributed by atoms with van der Waals surface area (Å²) in [5, 5.41) is 25.7. The average Bonchev–Trinajstić information content (AvgIpc) is 3.49. The van der Waals surface area contributed by atoms with Gasteiger partial charge in [0.1, 0.15) is 29.9 Å². The van der Waals surface area contributed by atoms with E-state index in [2.05, 4.69) is 39.5 Å². The maximum atomic E-state index is 13.3. The fourth-order valence-corrected chi connectivity index (χ4v) is 9.23. The van der Waals surface area contributed by atoms with E-state index in [1.807, 2.05) is 42.5 Å². The predicted octanol–water partition coefficient (Wildman–Crippen LogP) is 6.54. The smallest absolute Gasteiger partial charge is 0.262 e. The van der Waals surface area contributed by atoms with Crippen LogP contribution < -0.4 is 15.4 Å². The highest BCUT2D eigenvalue weighted by Crippen LogP contribution is 2.36. The maximum Gasteiger partial charge on any atom is 0.262 e.